The van der Waals surface area contributed by atoms with Gasteiger partial charge in [0.15, 0.2) is 0 Å². The maximum atomic E-state index is 11.4. The second kappa shape index (κ2) is 9.30. The normalized spacial score (nSPS) is 13.4. The van der Waals surface area contributed by atoms with Crippen molar-refractivity contribution in [2.75, 3.05) is 19.8 Å². The summed E-state index contributed by atoms with van der Waals surface area (Å²) in [6.07, 6.45) is 2.67. The predicted molar refractivity (Wildman–Crippen MR) is 68.0 cm³/mol. The number of ether oxygens (including phenoxy) is 1. The molecule has 1 unspecified atom stereocenters. The Kier molecular flexibility index (Phi) is 8.97. The topological polar surface area (TPSA) is 87.0 Å². The number of aliphatic hydroxyl groups excluding tert-OH is 3. The molecule has 0 rings (SSSR count). The van der Waals surface area contributed by atoms with Crippen molar-refractivity contribution >= 4 is 5.97 Å². The van der Waals surface area contributed by atoms with Gasteiger partial charge in [-0.2, -0.15) is 0 Å². The highest BCUT2D eigenvalue weighted by Gasteiger charge is 2.28. The molecule has 0 aliphatic heterocycles. The van der Waals surface area contributed by atoms with Crippen LogP contribution in [0.3, 0.4) is 0 Å². The van der Waals surface area contributed by atoms with E-state index in [4.69, 9.17) is 9.84 Å². The molecular formula is C13H26O5. The van der Waals surface area contributed by atoms with Crippen LogP contribution in [0, 0.1) is 5.41 Å². The number of carbonyl (C=O) groups excluding carboxylic acids is 1. The predicted octanol–water partition coefficient (Wildman–Crippen LogP) is 0.852. The fraction of sp³-hybridized carbons (Fsp3) is 0.923. The van der Waals surface area contributed by atoms with Crippen LogP contribution in [0.1, 0.15) is 46.0 Å². The van der Waals surface area contributed by atoms with Crippen LogP contribution < -0.4 is 0 Å². The van der Waals surface area contributed by atoms with E-state index in [1.165, 1.54) is 0 Å². The van der Waals surface area contributed by atoms with E-state index in [-0.39, 0.29) is 31.9 Å². The summed E-state index contributed by atoms with van der Waals surface area (Å²) < 4.78 is 5.07. The van der Waals surface area contributed by atoms with Crippen LogP contribution >= 0.6 is 0 Å². The minimum absolute atomic E-state index is 0.0474. The van der Waals surface area contributed by atoms with Gasteiger partial charge in [-0.15, -0.1) is 0 Å². The van der Waals surface area contributed by atoms with Crippen LogP contribution in [0.15, 0.2) is 0 Å². The van der Waals surface area contributed by atoms with Gasteiger partial charge >= 0.3 is 5.97 Å². The Morgan fingerprint density at radius 2 is 1.89 bits per heavy atom. The van der Waals surface area contributed by atoms with Gasteiger partial charge in [0.2, 0.25) is 0 Å². The van der Waals surface area contributed by atoms with Gasteiger partial charge in [0.25, 0.3) is 0 Å². The van der Waals surface area contributed by atoms with E-state index in [9.17, 15) is 15.0 Å². The molecule has 0 radical (unpaired) electrons. The van der Waals surface area contributed by atoms with Crippen molar-refractivity contribution in [3.8, 4) is 0 Å². The van der Waals surface area contributed by atoms with E-state index in [0.717, 1.165) is 6.42 Å². The highest BCUT2D eigenvalue weighted by molar-refractivity contribution is 5.69. The molecule has 0 saturated carbocycles. The third-order valence-corrected chi connectivity index (χ3v) is 3.21. The van der Waals surface area contributed by atoms with E-state index >= 15 is 0 Å². The first-order valence-corrected chi connectivity index (χ1v) is 6.55. The van der Waals surface area contributed by atoms with Gasteiger partial charge in [0.1, 0.15) is 6.61 Å². The van der Waals surface area contributed by atoms with E-state index in [1.807, 2.05) is 6.92 Å². The van der Waals surface area contributed by atoms with Crippen molar-refractivity contribution in [2.24, 2.45) is 5.41 Å². The fourth-order valence-electron chi connectivity index (χ4n) is 1.48. The number of esters is 1. The summed E-state index contributed by atoms with van der Waals surface area (Å²) in [5.41, 5.74) is -0.727. The molecule has 0 bridgehead atoms. The van der Waals surface area contributed by atoms with Crippen molar-refractivity contribution in [1.82, 2.24) is 0 Å². The first-order chi connectivity index (χ1) is 8.49. The molecular weight excluding hydrogens is 236 g/mol. The van der Waals surface area contributed by atoms with Crippen molar-refractivity contribution in [3.63, 3.8) is 0 Å². The monoisotopic (exact) mass is 262 g/mol. The standard InChI is InChI=1S/C13H26O5/c1-3-13(8-14,9-15)10-18-12(17)7-5-4-6-11(2)16/h11,14-16H,3-10H2,1-2H3. The van der Waals surface area contributed by atoms with Gasteiger partial charge < -0.3 is 20.1 Å². The van der Waals surface area contributed by atoms with Crippen molar-refractivity contribution in [2.45, 2.75) is 52.1 Å². The number of hydrogen-bond donors (Lipinski definition) is 3. The first-order valence-electron chi connectivity index (χ1n) is 6.55. The van der Waals surface area contributed by atoms with Gasteiger partial charge in [0.05, 0.1) is 24.7 Å². The minimum atomic E-state index is -0.727. The number of carbonyl (C=O) groups is 1. The molecule has 0 saturated heterocycles. The second-order valence-corrected chi connectivity index (χ2v) is 4.93. The Bertz CT molecular complexity index is 215. The second-order valence-electron chi connectivity index (χ2n) is 4.93. The molecule has 0 amide bonds. The number of rotatable bonds is 10. The number of aliphatic hydroxyl groups is 3. The van der Waals surface area contributed by atoms with Gasteiger partial charge in [0, 0.05) is 6.42 Å². The van der Waals surface area contributed by atoms with E-state index in [2.05, 4.69) is 0 Å². The smallest absolute Gasteiger partial charge is 0.305 e. The highest BCUT2D eigenvalue weighted by Crippen LogP contribution is 2.21. The average Bonchev–Trinajstić information content (AvgIpc) is 2.37. The summed E-state index contributed by atoms with van der Waals surface area (Å²) >= 11 is 0. The van der Waals surface area contributed by atoms with Gasteiger partial charge in [-0.25, -0.2) is 0 Å². The lowest BCUT2D eigenvalue weighted by molar-refractivity contribution is -0.150. The van der Waals surface area contributed by atoms with Crippen LogP contribution in [0.4, 0.5) is 0 Å². The Hall–Kier alpha value is -0.650. The van der Waals surface area contributed by atoms with Crippen LogP contribution in [-0.4, -0.2) is 47.2 Å². The molecule has 0 aliphatic carbocycles. The first kappa shape index (κ1) is 17.4. The Labute approximate surface area is 109 Å². The molecule has 0 aromatic carbocycles. The van der Waals surface area contributed by atoms with E-state index in [1.54, 1.807) is 6.92 Å². The molecule has 1 atom stereocenters. The van der Waals surface area contributed by atoms with Crippen LogP contribution in [0.2, 0.25) is 0 Å². The van der Waals surface area contributed by atoms with Gasteiger partial charge in [-0.3, -0.25) is 4.79 Å². The van der Waals surface area contributed by atoms with Crippen LogP contribution in [0.5, 0.6) is 0 Å². The van der Waals surface area contributed by atoms with Crippen molar-refractivity contribution in [3.05, 3.63) is 0 Å². The molecule has 18 heavy (non-hydrogen) atoms. The maximum Gasteiger partial charge on any atom is 0.305 e. The van der Waals surface area contributed by atoms with E-state index in [0.29, 0.717) is 25.7 Å². The van der Waals surface area contributed by atoms with Crippen LogP contribution in [-0.2, 0) is 9.53 Å². The molecule has 108 valence electrons. The lowest BCUT2D eigenvalue weighted by Crippen LogP contribution is -2.35. The Morgan fingerprint density at radius 1 is 1.28 bits per heavy atom. The van der Waals surface area contributed by atoms with Crippen molar-refractivity contribution < 1.29 is 24.9 Å². The Morgan fingerprint density at radius 3 is 2.33 bits per heavy atom. The van der Waals surface area contributed by atoms with Gasteiger partial charge in [-0.1, -0.05) is 13.3 Å². The lowest BCUT2D eigenvalue weighted by atomic mass is 9.88. The molecule has 3 N–H and O–H groups in total. The highest BCUT2D eigenvalue weighted by atomic mass is 16.5. The summed E-state index contributed by atoms with van der Waals surface area (Å²) in [6.45, 7) is 3.20. The van der Waals surface area contributed by atoms with E-state index < -0.39 is 5.41 Å². The number of hydrogen-bond acceptors (Lipinski definition) is 5. The van der Waals surface area contributed by atoms with Gasteiger partial charge in [-0.05, 0) is 26.2 Å². The quantitative estimate of drug-likeness (QED) is 0.401. The fourth-order valence-corrected chi connectivity index (χ4v) is 1.48. The number of unbranched alkanes of at least 4 members (excludes halogenated alkanes) is 1. The molecule has 0 heterocycles. The van der Waals surface area contributed by atoms with Crippen LogP contribution in [0.25, 0.3) is 0 Å². The lowest BCUT2D eigenvalue weighted by Gasteiger charge is -2.27. The average molecular weight is 262 g/mol. The molecule has 0 aromatic rings. The SMILES string of the molecule is CCC(CO)(CO)COC(=O)CCCCC(C)O. The summed E-state index contributed by atoms with van der Waals surface area (Å²) in [7, 11) is 0. The summed E-state index contributed by atoms with van der Waals surface area (Å²) in [6, 6.07) is 0. The zero-order chi connectivity index (χ0) is 14.0. The zero-order valence-corrected chi connectivity index (χ0v) is 11.4. The summed E-state index contributed by atoms with van der Waals surface area (Å²) in [5, 5.41) is 27.4. The molecule has 0 aromatic heterocycles. The third-order valence-electron chi connectivity index (χ3n) is 3.21. The molecule has 0 fully saturated rings. The third kappa shape index (κ3) is 6.93. The summed E-state index contributed by atoms with van der Waals surface area (Å²) in [5.74, 6) is -0.319. The molecule has 5 nitrogen and oxygen atoms in total. The maximum absolute atomic E-state index is 11.4. The molecule has 5 heteroatoms. The summed E-state index contributed by atoms with van der Waals surface area (Å²) in [4.78, 5) is 11.4. The molecule has 0 aliphatic rings. The zero-order valence-electron chi connectivity index (χ0n) is 11.4. The largest absolute Gasteiger partial charge is 0.465 e. The van der Waals surface area contributed by atoms with Crippen molar-refractivity contribution in [1.29, 1.82) is 0 Å². The minimum Gasteiger partial charge on any atom is -0.465 e. The Balaban J connectivity index is 3.81. The molecule has 0 spiro atoms.